The second-order valence-corrected chi connectivity index (χ2v) is 18.5. The minimum atomic E-state index is -0.718. The quantitative estimate of drug-likeness (QED) is 0.0693. The van der Waals surface area contributed by atoms with Crippen LogP contribution in [0.15, 0.2) is 46.0 Å². The maximum absolute atomic E-state index is 14.6. The second-order valence-electron chi connectivity index (χ2n) is 18.5. The zero-order chi connectivity index (χ0) is 45.8. The molecular weight excluding hydrogens is 797 g/mol. The lowest BCUT2D eigenvalue weighted by molar-refractivity contribution is -0.114. The molecule has 344 valence electrons. The third-order valence-corrected chi connectivity index (χ3v) is 13.5. The number of carbonyl (C=O) groups excluding carboxylic acids is 2. The van der Waals surface area contributed by atoms with Crippen LogP contribution in [0, 0.1) is 34.5 Å². The molecule has 10 heteroatoms. The summed E-state index contributed by atoms with van der Waals surface area (Å²) in [4.78, 5) is 66.9. The van der Waals surface area contributed by atoms with Crippen LogP contribution >= 0.6 is 0 Å². The number of unbranched alkanes of at least 4 members (excludes halogenated alkanes) is 16. The highest BCUT2D eigenvalue weighted by molar-refractivity contribution is 6.33. The molecule has 64 heavy (non-hydrogen) atoms. The number of fused-ring (bicyclic) bond motifs is 2. The minimum absolute atomic E-state index is 0.0402. The van der Waals surface area contributed by atoms with Gasteiger partial charge in [-0.1, -0.05) is 156 Å². The van der Waals surface area contributed by atoms with Gasteiger partial charge in [-0.05, 0) is 73.9 Å². The van der Waals surface area contributed by atoms with E-state index in [1.165, 1.54) is 64.2 Å². The Kier molecular flexibility index (Phi) is 20.2. The number of aromatic amines is 2. The summed E-state index contributed by atoms with van der Waals surface area (Å²) in [6.45, 7) is 9.79. The molecule has 0 fully saturated rings. The number of amides is 2. The van der Waals surface area contributed by atoms with Crippen molar-refractivity contribution in [3.63, 3.8) is 0 Å². The molecular formula is C54H74N6O4. The van der Waals surface area contributed by atoms with Crippen molar-refractivity contribution >= 4 is 34.3 Å². The molecule has 2 aliphatic rings. The van der Waals surface area contributed by atoms with Gasteiger partial charge in [0.2, 0.25) is 0 Å². The van der Waals surface area contributed by atoms with E-state index < -0.39 is 22.9 Å². The Balaban J connectivity index is 1.54. The van der Waals surface area contributed by atoms with Crippen LogP contribution in [-0.2, 0) is 9.59 Å². The highest BCUT2D eigenvalue weighted by atomic mass is 16.2. The van der Waals surface area contributed by atoms with Crippen molar-refractivity contribution in [2.24, 2.45) is 11.8 Å². The maximum Gasteiger partial charge on any atom is 0.273 e. The largest absolute Gasteiger partial charge is 0.315 e. The normalized spacial score (nSPS) is 15.9. The first-order valence-electron chi connectivity index (χ1n) is 25.0. The molecule has 0 bridgehead atoms. The Morgan fingerprint density at radius 3 is 1.11 bits per heavy atom. The molecule has 0 radical (unpaired) electrons. The molecule has 2 aromatic carbocycles. The van der Waals surface area contributed by atoms with E-state index in [1.807, 2.05) is 0 Å². The third kappa shape index (κ3) is 13.0. The molecule has 0 spiro atoms. The number of nitriles is 2. The smallest absolute Gasteiger partial charge is 0.273 e. The average Bonchev–Trinajstić information content (AvgIpc) is 3.73. The lowest BCUT2D eigenvalue weighted by Crippen LogP contribution is -2.50. The second kappa shape index (κ2) is 25.9. The van der Waals surface area contributed by atoms with Crippen LogP contribution in [0.4, 0.5) is 11.4 Å². The van der Waals surface area contributed by atoms with Gasteiger partial charge in [-0.3, -0.25) is 19.2 Å². The third-order valence-electron chi connectivity index (χ3n) is 13.5. The molecule has 2 unspecified atom stereocenters. The van der Waals surface area contributed by atoms with Gasteiger partial charge >= 0.3 is 0 Å². The zero-order valence-corrected chi connectivity index (χ0v) is 39.4. The van der Waals surface area contributed by atoms with E-state index in [0.29, 0.717) is 46.7 Å². The van der Waals surface area contributed by atoms with E-state index >= 15 is 0 Å². The molecule has 2 N–H and O–H groups in total. The van der Waals surface area contributed by atoms with Gasteiger partial charge in [0.15, 0.2) is 0 Å². The highest BCUT2D eigenvalue weighted by Gasteiger charge is 2.37. The van der Waals surface area contributed by atoms with Gasteiger partial charge < -0.3 is 19.8 Å². The molecule has 10 nitrogen and oxygen atoms in total. The standard InChI is InChI=1S/C54H74N6O4/c1-5-9-13-17-19-23-27-39(25-21-15-11-7-3)37-59-45-31-29-41(35-55)33-43(45)47(53(59)63)49-51(61)58-50(52(62)57-49)48-44-34-42(36-56)30-32-46(44)60(54(48)64)38-40(26-22-16-12-8-4)28-24-20-18-14-10-6-2/h29-34,39-40H,5-28,37-38H2,1-4H3,(H,57,62)(H,58,61)/b49-47-,50-48-. The summed E-state index contributed by atoms with van der Waals surface area (Å²) in [5, 5.41) is 19.4. The monoisotopic (exact) mass is 871 g/mol. The van der Waals surface area contributed by atoms with Crippen molar-refractivity contribution in [1.29, 1.82) is 10.5 Å². The van der Waals surface area contributed by atoms with E-state index in [-0.39, 0.29) is 33.7 Å². The summed E-state index contributed by atoms with van der Waals surface area (Å²) in [6, 6.07) is 14.5. The van der Waals surface area contributed by atoms with Crippen molar-refractivity contribution in [3.8, 4) is 12.1 Å². The van der Waals surface area contributed by atoms with Crippen LogP contribution < -0.4 is 31.6 Å². The molecule has 2 aliphatic heterocycles. The van der Waals surface area contributed by atoms with Crippen molar-refractivity contribution in [3.05, 3.63) is 90.1 Å². The van der Waals surface area contributed by atoms with Crippen LogP contribution in [0.5, 0.6) is 0 Å². The predicted octanol–water partition coefficient (Wildman–Crippen LogP) is 10.6. The molecule has 0 saturated heterocycles. The Labute approximate surface area is 381 Å². The van der Waals surface area contributed by atoms with Crippen LogP contribution in [0.3, 0.4) is 0 Å². The fourth-order valence-electron chi connectivity index (χ4n) is 9.78. The molecule has 3 aromatic rings. The van der Waals surface area contributed by atoms with Crippen molar-refractivity contribution in [1.82, 2.24) is 9.97 Å². The summed E-state index contributed by atoms with van der Waals surface area (Å²) in [6.07, 6.45) is 27.3. The van der Waals surface area contributed by atoms with Crippen molar-refractivity contribution in [2.45, 2.75) is 182 Å². The topological polar surface area (TPSA) is 154 Å². The SMILES string of the molecule is CCCCCCCCC(CCCCCC)CN1C(=O)/C(=c2\[nH]c(=O)/c(=C3/C(=O)N(CC(CCCCCC)CCCCCCCC)c4ccc(C#N)cc43)[nH]c2=O)c2cc(C#N)ccc21. The first kappa shape index (κ1) is 49.8. The molecule has 0 aliphatic carbocycles. The summed E-state index contributed by atoms with van der Waals surface area (Å²) in [5.74, 6) is -0.282. The molecule has 1 aromatic heterocycles. The van der Waals surface area contributed by atoms with Gasteiger partial charge in [0.1, 0.15) is 10.7 Å². The lowest BCUT2D eigenvalue weighted by Gasteiger charge is -2.25. The number of hydrogen-bond donors (Lipinski definition) is 2. The number of aromatic nitrogens is 2. The number of nitrogens with one attached hydrogen (secondary N) is 2. The Bertz CT molecular complexity index is 2200. The van der Waals surface area contributed by atoms with Gasteiger partial charge in [0.25, 0.3) is 22.9 Å². The van der Waals surface area contributed by atoms with E-state index in [9.17, 15) is 29.7 Å². The van der Waals surface area contributed by atoms with Gasteiger partial charge in [0.05, 0.1) is 45.8 Å². The van der Waals surface area contributed by atoms with Gasteiger partial charge in [-0.25, -0.2) is 0 Å². The number of hydrogen-bond acceptors (Lipinski definition) is 6. The number of rotatable bonds is 28. The molecule has 2 atom stereocenters. The molecule has 0 saturated carbocycles. The van der Waals surface area contributed by atoms with Crippen molar-refractivity contribution < 1.29 is 9.59 Å². The fourth-order valence-corrected chi connectivity index (χ4v) is 9.78. The predicted molar refractivity (Wildman–Crippen MR) is 259 cm³/mol. The van der Waals surface area contributed by atoms with E-state index in [0.717, 1.165) is 89.9 Å². The molecule has 5 rings (SSSR count). The summed E-state index contributed by atoms with van der Waals surface area (Å²) < 4.78 is 0. The van der Waals surface area contributed by atoms with Crippen LogP contribution in [-0.4, -0.2) is 34.9 Å². The number of benzene rings is 2. The fraction of sp³-hybridized carbons (Fsp3) is 0.593. The van der Waals surface area contributed by atoms with Gasteiger partial charge in [0, 0.05) is 24.2 Å². The zero-order valence-electron chi connectivity index (χ0n) is 39.4. The van der Waals surface area contributed by atoms with Crippen LogP contribution in [0.25, 0.3) is 11.1 Å². The molecule has 3 heterocycles. The Hall–Kier alpha value is -5.22. The highest BCUT2D eigenvalue weighted by Crippen LogP contribution is 2.39. The summed E-state index contributed by atoms with van der Waals surface area (Å²) in [7, 11) is 0. The van der Waals surface area contributed by atoms with Gasteiger partial charge in [-0.15, -0.1) is 0 Å². The first-order chi connectivity index (χ1) is 31.2. The van der Waals surface area contributed by atoms with Gasteiger partial charge in [-0.2, -0.15) is 10.5 Å². The number of carbonyl (C=O) groups is 2. The number of H-pyrrole nitrogens is 2. The Morgan fingerprint density at radius 2 is 0.781 bits per heavy atom. The molecule has 2 amide bonds. The lowest BCUT2D eigenvalue weighted by atomic mass is 9.93. The van der Waals surface area contributed by atoms with Crippen molar-refractivity contribution in [2.75, 3.05) is 22.9 Å². The first-order valence-corrected chi connectivity index (χ1v) is 25.0. The number of anilines is 2. The summed E-state index contributed by atoms with van der Waals surface area (Å²) >= 11 is 0. The number of nitrogens with zero attached hydrogens (tertiary/aromatic N) is 4. The van der Waals surface area contributed by atoms with E-state index in [4.69, 9.17) is 0 Å². The van der Waals surface area contributed by atoms with E-state index in [2.05, 4.69) is 49.8 Å². The average molecular weight is 871 g/mol. The Morgan fingerprint density at radius 1 is 0.469 bits per heavy atom. The van der Waals surface area contributed by atoms with Crippen LogP contribution in [0.2, 0.25) is 0 Å². The maximum atomic E-state index is 14.6. The van der Waals surface area contributed by atoms with E-state index in [1.54, 1.807) is 46.2 Å². The summed E-state index contributed by atoms with van der Waals surface area (Å²) in [5.41, 5.74) is 1.40. The minimum Gasteiger partial charge on any atom is -0.315 e. The van der Waals surface area contributed by atoms with Crippen LogP contribution in [0.1, 0.15) is 204 Å².